The van der Waals surface area contributed by atoms with Crippen LogP contribution in [0.4, 0.5) is 19.3 Å². The van der Waals surface area contributed by atoms with Crippen LogP contribution in [0.25, 0.3) is 0 Å². The van der Waals surface area contributed by atoms with Crippen LogP contribution in [0.1, 0.15) is 17.0 Å². The lowest BCUT2D eigenvalue weighted by Gasteiger charge is -2.29. The van der Waals surface area contributed by atoms with E-state index in [2.05, 4.69) is 15.9 Å². The molecule has 0 spiro atoms. The van der Waals surface area contributed by atoms with Gasteiger partial charge >= 0.3 is 6.09 Å². The molecule has 1 fully saturated rings. The Morgan fingerprint density at radius 1 is 0.941 bits per heavy atom. The van der Waals surface area contributed by atoms with Crippen LogP contribution in [0.2, 0.25) is 0 Å². The number of anilines is 1. The summed E-state index contributed by atoms with van der Waals surface area (Å²) in [7, 11) is 0. The van der Waals surface area contributed by atoms with E-state index < -0.39 is 35.6 Å². The van der Waals surface area contributed by atoms with Crippen LogP contribution in [0.5, 0.6) is 0 Å². The highest BCUT2D eigenvalue weighted by atomic mass is 79.9. The normalized spacial score (nSPS) is 19.9. The Hall–Kier alpha value is -3.59. The molecule has 0 bridgehead atoms. The van der Waals surface area contributed by atoms with Gasteiger partial charge in [-0.2, -0.15) is 5.10 Å². The lowest BCUT2D eigenvalue weighted by Crippen LogP contribution is -2.48. The minimum absolute atomic E-state index is 0.114. The first kappa shape index (κ1) is 22.2. The van der Waals surface area contributed by atoms with E-state index in [-0.39, 0.29) is 13.2 Å². The van der Waals surface area contributed by atoms with Crippen LogP contribution in [0.3, 0.4) is 0 Å². The third kappa shape index (κ3) is 4.07. The van der Waals surface area contributed by atoms with Gasteiger partial charge in [0, 0.05) is 4.47 Å². The summed E-state index contributed by atoms with van der Waals surface area (Å²) in [5.74, 6) is -1.97. The lowest BCUT2D eigenvalue weighted by molar-refractivity contribution is -0.129. The summed E-state index contributed by atoms with van der Waals surface area (Å²) in [6, 6.07) is 17.9. The first-order valence-corrected chi connectivity index (χ1v) is 11.3. The number of rotatable bonds is 4. The van der Waals surface area contributed by atoms with Gasteiger partial charge in [0.25, 0.3) is 5.91 Å². The Balaban J connectivity index is 1.68. The molecule has 2 aliphatic heterocycles. The molecular formula is C25H18BrF2N3O3. The summed E-state index contributed by atoms with van der Waals surface area (Å²) < 4.78 is 33.3. The van der Waals surface area contributed by atoms with E-state index >= 15 is 0 Å². The number of halogens is 3. The highest BCUT2D eigenvalue weighted by molar-refractivity contribution is 9.10. The Kier molecular flexibility index (Phi) is 5.87. The molecule has 5 rings (SSSR count). The smallest absolute Gasteiger partial charge is 0.416 e. The first-order valence-electron chi connectivity index (χ1n) is 10.6. The highest BCUT2D eigenvalue weighted by Crippen LogP contribution is 2.39. The second-order valence-corrected chi connectivity index (χ2v) is 8.81. The van der Waals surface area contributed by atoms with Gasteiger partial charge in [-0.25, -0.2) is 18.5 Å². The number of hydrogen-bond acceptors (Lipinski definition) is 5. The second kappa shape index (κ2) is 8.98. The van der Waals surface area contributed by atoms with Crippen molar-refractivity contribution in [3.63, 3.8) is 0 Å². The Bertz CT molecular complexity index is 1260. The second-order valence-electron chi connectivity index (χ2n) is 7.89. The summed E-state index contributed by atoms with van der Waals surface area (Å²) in [6.45, 7) is 0.243. The molecule has 0 saturated carbocycles. The zero-order chi connectivity index (χ0) is 23.8. The standard InChI is InChI=1S/C25H18BrF2N3O3/c26-17-5-11-20(12-6-17)31-23(24(32)30-13-14-34-25(30)33)21(15-1-7-18(27)8-2-15)22(29-31)16-3-9-19(28)10-4-16/h1-12,21,23H,13-14H2/t21-,23-/m0/s1. The Morgan fingerprint density at radius 2 is 1.56 bits per heavy atom. The van der Waals surface area contributed by atoms with Crippen LogP contribution >= 0.6 is 15.9 Å². The number of benzene rings is 3. The van der Waals surface area contributed by atoms with Gasteiger partial charge in [-0.15, -0.1) is 0 Å². The Morgan fingerprint density at radius 3 is 2.15 bits per heavy atom. The maximum atomic E-state index is 13.8. The number of hydrazone groups is 1. The van der Waals surface area contributed by atoms with Gasteiger partial charge in [-0.3, -0.25) is 9.80 Å². The molecule has 2 heterocycles. The summed E-state index contributed by atoms with van der Waals surface area (Å²) in [5.41, 5.74) is 2.37. The minimum Gasteiger partial charge on any atom is -0.447 e. The van der Waals surface area contributed by atoms with Gasteiger partial charge in [-0.05, 0) is 59.7 Å². The molecule has 0 radical (unpaired) electrons. The maximum absolute atomic E-state index is 13.8. The first-order chi connectivity index (χ1) is 16.4. The van der Waals surface area contributed by atoms with Crippen molar-refractivity contribution in [2.45, 2.75) is 12.0 Å². The molecule has 0 aliphatic carbocycles. The zero-order valence-corrected chi connectivity index (χ0v) is 19.3. The van der Waals surface area contributed by atoms with Crippen molar-refractivity contribution < 1.29 is 23.1 Å². The van der Waals surface area contributed by atoms with E-state index in [1.54, 1.807) is 41.4 Å². The molecule has 0 aromatic heterocycles. The molecule has 2 aliphatic rings. The fourth-order valence-electron chi connectivity index (χ4n) is 4.21. The van der Waals surface area contributed by atoms with Gasteiger partial charge in [0.05, 0.1) is 23.9 Å². The molecule has 6 nitrogen and oxygen atoms in total. The zero-order valence-electron chi connectivity index (χ0n) is 17.7. The van der Waals surface area contributed by atoms with Crippen molar-refractivity contribution in [3.8, 4) is 0 Å². The third-order valence-electron chi connectivity index (χ3n) is 5.83. The fourth-order valence-corrected chi connectivity index (χ4v) is 4.48. The average molecular weight is 526 g/mol. The van der Waals surface area contributed by atoms with Crippen LogP contribution < -0.4 is 5.01 Å². The van der Waals surface area contributed by atoms with Gasteiger partial charge in [-0.1, -0.05) is 40.2 Å². The van der Waals surface area contributed by atoms with Gasteiger partial charge in [0.2, 0.25) is 0 Å². The van der Waals surface area contributed by atoms with Crippen molar-refractivity contribution in [2.24, 2.45) is 5.10 Å². The third-order valence-corrected chi connectivity index (χ3v) is 6.36. The van der Waals surface area contributed by atoms with Crippen molar-refractivity contribution in [1.82, 2.24) is 4.90 Å². The largest absolute Gasteiger partial charge is 0.447 e. The monoisotopic (exact) mass is 525 g/mol. The lowest BCUT2D eigenvalue weighted by atomic mass is 9.84. The molecule has 2 atom stereocenters. The number of imide groups is 1. The predicted octanol–water partition coefficient (Wildman–Crippen LogP) is 5.08. The highest BCUT2D eigenvalue weighted by Gasteiger charge is 2.48. The molecule has 34 heavy (non-hydrogen) atoms. The van der Waals surface area contributed by atoms with Crippen molar-refractivity contribution in [1.29, 1.82) is 0 Å². The van der Waals surface area contributed by atoms with Crippen LogP contribution in [0, 0.1) is 11.6 Å². The maximum Gasteiger partial charge on any atom is 0.416 e. The van der Waals surface area contributed by atoms with Gasteiger partial charge in [0.1, 0.15) is 24.3 Å². The van der Waals surface area contributed by atoms with E-state index in [9.17, 15) is 18.4 Å². The molecule has 1 saturated heterocycles. The number of amides is 2. The van der Waals surface area contributed by atoms with Crippen LogP contribution in [-0.2, 0) is 9.53 Å². The van der Waals surface area contributed by atoms with Gasteiger partial charge in [0.15, 0.2) is 0 Å². The molecule has 3 aromatic rings. The number of hydrogen-bond donors (Lipinski definition) is 0. The van der Waals surface area contributed by atoms with Crippen LogP contribution in [-0.4, -0.2) is 41.8 Å². The summed E-state index contributed by atoms with van der Waals surface area (Å²) in [6.07, 6.45) is -0.714. The molecule has 3 aromatic carbocycles. The predicted molar refractivity (Wildman–Crippen MR) is 126 cm³/mol. The summed E-state index contributed by atoms with van der Waals surface area (Å²) >= 11 is 3.41. The quantitative estimate of drug-likeness (QED) is 0.476. The van der Waals surface area contributed by atoms with E-state index in [0.717, 1.165) is 9.37 Å². The molecule has 0 N–H and O–H groups in total. The molecule has 9 heteroatoms. The van der Waals surface area contributed by atoms with Gasteiger partial charge < -0.3 is 4.74 Å². The molecule has 2 amide bonds. The van der Waals surface area contributed by atoms with E-state index in [0.29, 0.717) is 22.5 Å². The summed E-state index contributed by atoms with van der Waals surface area (Å²) in [5, 5.41) is 6.35. The minimum atomic E-state index is -0.947. The molecule has 0 unspecified atom stereocenters. The molecular weight excluding hydrogens is 508 g/mol. The van der Waals surface area contributed by atoms with Crippen molar-refractivity contribution >= 4 is 39.3 Å². The van der Waals surface area contributed by atoms with E-state index in [1.807, 2.05) is 12.1 Å². The molecule has 172 valence electrons. The SMILES string of the molecule is O=C1OCCN1C(=O)[C@@H]1[C@@H](c2ccc(F)cc2)C(c2ccc(F)cc2)=NN1c1ccc(Br)cc1. The number of carbonyl (C=O) groups is 2. The number of ether oxygens (including phenoxy) is 1. The van der Waals surface area contributed by atoms with Crippen molar-refractivity contribution in [2.75, 3.05) is 18.2 Å². The van der Waals surface area contributed by atoms with Crippen molar-refractivity contribution in [3.05, 3.63) is 100 Å². The number of nitrogens with zero attached hydrogens (tertiary/aromatic N) is 3. The topological polar surface area (TPSA) is 62.2 Å². The van der Waals surface area contributed by atoms with E-state index in [4.69, 9.17) is 9.84 Å². The Labute approximate surface area is 202 Å². The average Bonchev–Trinajstić information content (AvgIpc) is 3.44. The summed E-state index contributed by atoms with van der Waals surface area (Å²) in [4.78, 5) is 27.1. The van der Waals surface area contributed by atoms with E-state index in [1.165, 1.54) is 24.3 Å². The number of cyclic esters (lactones) is 1. The number of carbonyl (C=O) groups excluding carboxylic acids is 2. The van der Waals surface area contributed by atoms with Crippen LogP contribution in [0.15, 0.2) is 82.4 Å². The fraction of sp³-hybridized carbons (Fsp3) is 0.160.